The number of allylic oxidation sites excluding steroid dienone is 1. The predicted octanol–water partition coefficient (Wildman–Crippen LogP) is 7.43. The quantitative estimate of drug-likeness (QED) is 0.394. The lowest BCUT2D eigenvalue weighted by Crippen LogP contribution is -2.65. The Morgan fingerprint density at radius 2 is 1.62 bits per heavy atom. The van der Waals surface area contributed by atoms with Gasteiger partial charge in [-0.05, 0) is 116 Å². The molecule has 0 aromatic rings. The number of rotatable bonds is 6. The van der Waals surface area contributed by atoms with Crippen molar-refractivity contribution in [3.05, 3.63) is 12.2 Å². The zero-order chi connectivity index (χ0) is 25.3. The van der Waals surface area contributed by atoms with E-state index in [0.717, 1.165) is 51.4 Å². The van der Waals surface area contributed by atoms with Gasteiger partial charge in [-0.1, -0.05) is 46.8 Å². The summed E-state index contributed by atoms with van der Waals surface area (Å²) >= 11 is 0. The minimum Gasteiger partial charge on any atom is -0.481 e. The Labute approximate surface area is 207 Å². The van der Waals surface area contributed by atoms with E-state index < -0.39 is 17.4 Å². The Morgan fingerprint density at radius 3 is 2.18 bits per heavy atom. The molecule has 192 valence electrons. The van der Waals surface area contributed by atoms with Crippen molar-refractivity contribution in [3.8, 4) is 0 Å². The van der Waals surface area contributed by atoms with Crippen LogP contribution in [0, 0.1) is 57.2 Å². The molecular formula is C30H48O4. The molecule has 4 fully saturated rings. The summed E-state index contributed by atoms with van der Waals surface area (Å²) in [6.07, 6.45) is 9.04. The van der Waals surface area contributed by atoms with E-state index in [1.807, 2.05) is 0 Å². The molecule has 0 aromatic carbocycles. The van der Waals surface area contributed by atoms with E-state index >= 15 is 0 Å². The van der Waals surface area contributed by atoms with Gasteiger partial charge in [-0.15, -0.1) is 0 Å². The highest BCUT2D eigenvalue weighted by Crippen LogP contribution is 2.76. The molecule has 4 nitrogen and oxygen atoms in total. The topological polar surface area (TPSA) is 74.6 Å². The summed E-state index contributed by atoms with van der Waals surface area (Å²) in [4.78, 5) is 24.4. The molecule has 4 saturated carbocycles. The van der Waals surface area contributed by atoms with E-state index in [0.29, 0.717) is 29.6 Å². The fraction of sp³-hybridized carbons (Fsp3) is 0.867. The van der Waals surface area contributed by atoms with Gasteiger partial charge in [0.1, 0.15) is 0 Å². The minimum atomic E-state index is -0.685. The molecule has 0 aromatic heterocycles. The van der Waals surface area contributed by atoms with Crippen LogP contribution < -0.4 is 0 Å². The lowest BCUT2D eigenvalue weighted by molar-refractivity contribution is -0.226. The minimum absolute atomic E-state index is 0.0122. The van der Waals surface area contributed by atoms with Gasteiger partial charge < -0.3 is 10.2 Å². The molecule has 0 heterocycles. The van der Waals surface area contributed by atoms with Crippen molar-refractivity contribution in [2.24, 2.45) is 57.2 Å². The Balaban J connectivity index is 1.77. The molecule has 34 heavy (non-hydrogen) atoms. The standard InChI is InChI=1S/C30H48O4/c1-18(2)20-10-15-30(26(33)34)17-16-28(6)22(25(20)30)8-9-23-27(5,13-12-24(31)32)21(19(3)4)11-14-29(23,28)7/h19-23,25H,1,8-17H2,2-7H3,(H,31,32)(H,33,34)/t20-,21-,22+,23+,25+,27-,28+,29+,30-/m0/s1. The number of hydrogen-bond acceptors (Lipinski definition) is 2. The lowest BCUT2D eigenvalue weighted by atomic mass is 9.34. The van der Waals surface area contributed by atoms with Crippen LogP contribution in [0.4, 0.5) is 0 Å². The second kappa shape index (κ2) is 8.37. The molecule has 0 saturated heterocycles. The predicted molar refractivity (Wildman–Crippen MR) is 135 cm³/mol. The molecule has 0 bridgehead atoms. The molecule has 4 heteroatoms. The molecular weight excluding hydrogens is 424 g/mol. The third-order valence-corrected chi connectivity index (χ3v) is 12.5. The molecule has 4 rings (SSSR count). The lowest BCUT2D eigenvalue weighted by Gasteiger charge is -2.71. The van der Waals surface area contributed by atoms with Crippen molar-refractivity contribution in [3.63, 3.8) is 0 Å². The number of hydrogen-bond donors (Lipinski definition) is 2. The van der Waals surface area contributed by atoms with Gasteiger partial charge in [-0.25, -0.2) is 0 Å². The fourth-order valence-corrected chi connectivity index (χ4v) is 10.7. The average Bonchev–Trinajstić information content (AvgIpc) is 3.14. The summed E-state index contributed by atoms with van der Waals surface area (Å²) in [6, 6.07) is 0. The first-order valence-corrected chi connectivity index (χ1v) is 13.9. The molecule has 4 aliphatic carbocycles. The van der Waals surface area contributed by atoms with E-state index in [2.05, 4.69) is 48.1 Å². The summed E-state index contributed by atoms with van der Waals surface area (Å²) in [7, 11) is 0. The van der Waals surface area contributed by atoms with E-state index in [4.69, 9.17) is 0 Å². The highest BCUT2D eigenvalue weighted by molar-refractivity contribution is 5.76. The van der Waals surface area contributed by atoms with Crippen LogP contribution in [0.5, 0.6) is 0 Å². The first-order valence-electron chi connectivity index (χ1n) is 13.9. The van der Waals surface area contributed by atoms with Crippen LogP contribution in [0.3, 0.4) is 0 Å². The second-order valence-electron chi connectivity index (χ2n) is 13.8. The summed E-state index contributed by atoms with van der Waals surface area (Å²) in [5, 5.41) is 20.1. The molecule has 4 aliphatic rings. The maximum absolute atomic E-state index is 12.8. The smallest absolute Gasteiger partial charge is 0.309 e. The van der Waals surface area contributed by atoms with Crippen LogP contribution in [0.2, 0.25) is 0 Å². The highest BCUT2D eigenvalue weighted by Gasteiger charge is 2.70. The molecule has 0 amide bonds. The number of carboxylic acids is 2. The Morgan fingerprint density at radius 1 is 0.941 bits per heavy atom. The second-order valence-corrected chi connectivity index (χ2v) is 13.8. The van der Waals surface area contributed by atoms with Gasteiger partial charge in [0.15, 0.2) is 0 Å². The Bertz CT molecular complexity index is 862. The zero-order valence-corrected chi connectivity index (χ0v) is 22.5. The van der Waals surface area contributed by atoms with Crippen molar-refractivity contribution >= 4 is 11.9 Å². The number of carbonyl (C=O) groups is 2. The van der Waals surface area contributed by atoms with Gasteiger partial charge in [-0.2, -0.15) is 0 Å². The summed E-state index contributed by atoms with van der Waals surface area (Å²) in [5.41, 5.74) is 0.794. The largest absolute Gasteiger partial charge is 0.481 e. The van der Waals surface area contributed by atoms with Gasteiger partial charge in [-0.3, -0.25) is 9.59 Å². The number of carboxylic acid groups (broad SMARTS) is 2. The van der Waals surface area contributed by atoms with Crippen LogP contribution in [0.15, 0.2) is 12.2 Å². The molecule has 9 atom stereocenters. The van der Waals surface area contributed by atoms with Gasteiger partial charge in [0.05, 0.1) is 5.41 Å². The van der Waals surface area contributed by atoms with E-state index in [1.165, 1.54) is 12.0 Å². The third-order valence-electron chi connectivity index (χ3n) is 12.5. The van der Waals surface area contributed by atoms with Crippen LogP contribution >= 0.6 is 0 Å². The number of fused-ring (bicyclic) bond motifs is 5. The van der Waals surface area contributed by atoms with Crippen molar-refractivity contribution in [2.45, 2.75) is 106 Å². The van der Waals surface area contributed by atoms with Crippen molar-refractivity contribution < 1.29 is 19.8 Å². The monoisotopic (exact) mass is 472 g/mol. The maximum Gasteiger partial charge on any atom is 0.309 e. The normalized spacial score (nSPS) is 48.0. The molecule has 2 N–H and O–H groups in total. The van der Waals surface area contributed by atoms with Crippen molar-refractivity contribution in [1.29, 1.82) is 0 Å². The molecule has 0 unspecified atom stereocenters. The van der Waals surface area contributed by atoms with Gasteiger partial charge in [0, 0.05) is 6.42 Å². The highest BCUT2D eigenvalue weighted by atomic mass is 16.4. The summed E-state index contributed by atoms with van der Waals surface area (Å²) in [5.74, 6) is 1.22. The maximum atomic E-state index is 12.8. The van der Waals surface area contributed by atoms with Crippen molar-refractivity contribution in [2.75, 3.05) is 0 Å². The van der Waals surface area contributed by atoms with Gasteiger partial charge in [0.2, 0.25) is 0 Å². The van der Waals surface area contributed by atoms with Crippen LogP contribution in [0.1, 0.15) is 106 Å². The van der Waals surface area contributed by atoms with Gasteiger partial charge >= 0.3 is 11.9 Å². The number of aliphatic carboxylic acids is 2. The van der Waals surface area contributed by atoms with Crippen LogP contribution in [0.25, 0.3) is 0 Å². The zero-order valence-electron chi connectivity index (χ0n) is 22.5. The Kier molecular flexibility index (Phi) is 6.34. The van der Waals surface area contributed by atoms with Gasteiger partial charge in [0.25, 0.3) is 0 Å². The Hall–Kier alpha value is -1.32. The van der Waals surface area contributed by atoms with Crippen molar-refractivity contribution in [1.82, 2.24) is 0 Å². The average molecular weight is 473 g/mol. The third kappa shape index (κ3) is 3.36. The first kappa shape index (κ1) is 25.8. The fourth-order valence-electron chi connectivity index (χ4n) is 10.7. The summed E-state index contributed by atoms with van der Waals surface area (Å²) < 4.78 is 0. The van der Waals surface area contributed by atoms with Crippen LogP contribution in [-0.2, 0) is 9.59 Å². The molecule has 0 spiro atoms. The molecule has 0 radical (unpaired) electrons. The van der Waals surface area contributed by atoms with E-state index in [-0.39, 0.29) is 28.6 Å². The molecule has 0 aliphatic heterocycles. The SMILES string of the molecule is C=C(C)[C@@H]1CC[C@]2(C(=O)O)CC[C@]3(C)[C@H](CC[C@@H]4[C@@](C)(CCC(=O)O)[C@H](C(C)C)CC[C@]43C)[C@@H]12. The summed E-state index contributed by atoms with van der Waals surface area (Å²) in [6.45, 7) is 18.5. The van der Waals surface area contributed by atoms with E-state index in [9.17, 15) is 19.8 Å². The van der Waals surface area contributed by atoms with E-state index in [1.54, 1.807) is 0 Å². The first-order chi connectivity index (χ1) is 15.7. The van der Waals surface area contributed by atoms with Crippen LogP contribution in [-0.4, -0.2) is 22.2 Å².